The van der Waals surface area contributed by atoms with Crippen molar-refractivity contribution in [3.05, 3.63) is 34.1 Å². The van der Waals surface area contributed by atoms with E-state index in [4.69, 9.17) is 4.74 Å². The van der Waals surface area contributed by atoms with Gasteiger partial charge in [-0.05, 0) is 37.7 Å². The summed E-state index contributed by atoms with van der Waals surface area (Å²) in [6, 6.07) is 5.89. The molecular weight excluding hydrogens is 302 g/mol. The summed E-state index contributed by atoms with van der Waals surface area (Å²) in [7, 11) is 3.77. The van der Waals surface area contributed by atoms with Gasteiger partial charge in [0.15, 0.2) is 0 Å². The summed E-state index contributed by atoms with van der Waals surface area (Å²) in [5.74, 6) is 0.816. The van der Waals surface area contributed by atoms with Gasteiger partial charge < -0.3 is 19.5 Å². The van der Waals surface area contributed by atoms with Crippen LogP contribution in [-0.2, 0) is 0 Å². The zero-order valence-electron chi connectivity index (χ0n) is 13.2. The molecule has 0 radical (unpaired) electrons. The highest BCUT2D eigenvalue weighted by Gasteiger charge is 2.17. The van der Waals surface area contributed by atoms with Gasteiger partial charge in [-0.1, -0.05) is 0 Å². The molecule has 0 amide bonds. The van der Waals surface area contributed by atoms with Crippen molar-refractivity contribution < 1.29 is 4.74 Å². The van der Waals surface area contributed by atoms with Crippen LogP contribution in [0.15, 0.2) is 23.0 Å². The van der Waals surface area contributed by atoms with Crippen molar-refractivity contribution in [2.45, 2.75) is 6.92 Å². The van der Waals surface area contributed by atoms with Gasteiger partial charge in [-0.15, -0.1) is 12.4 Å². The second kappa shape index (κ2) is 6.58. The molecule has 0 unspecified atom stereocenters. The van der Waals surface area contributed by atoms with Gasteiger partial charge in [0, 0.05) is 31.6 Å². The van der Waals surface area contributed by atoms with E-state index < -0.39 is 0 Å². The molecule has 0 atom stereocenters. The van der Waals surface area contributed by atoms with Gasteiger partial charge in [0.05, 0.1) is 12.6 Å². The fourth-order valence-electron chi connectivity index (χ4n) is 2.86. The Kier molecular flexibility index (Phi) is 4.98. The van der Waals surface area contributed by atoms with Crippen LogP contribution in [0.25, 0.3) is 10.9 Å². The monoisotopic (exact) mass is 323 g/mol. The van der Waals surface area contributed by atoms with Crippen LogP contribution in [0.5, 0.6) is 5.75 Å². The zero-order chi connectivity index (χ0) is 15.0. The van der Waals surface area contributed by atoms with Crippen LogP contribution in [0.4, 0.5) is 5.69 Å². The summed E-state index contributed by atoms with van der Waals surface area (Å²) >= 11 is 0. The highest BCUT2D eigenvalue weighted by atomic mass is 35.5. The number of hydrogen-bond donors (Lipinski definition) is 1. The van der Waals surface area contributed by atoms with E-state index in [1.54, 1.807) is 7.11 Å². The van der Waals surface area contributed by atoms with Gasteiger partial charge in [0.2, 0.25) is 0 Å². The number of likely N-dealkylation sites (N-methyl/N-ethyl adjacent to an activating group) is 1. The molecule has 0 aliphatic carbocycles. The molecule has 0 saturated carbocycles. The molecule has 1 fully saturated rings. The predicted molar refractivity (Wildman–Crippen MR) is 92.8 cm³/mol. The van der Waals surface area contributed by atoms with Crippen LogP contribution in [0.1, 0.15) is 5.56 Å². The quantitative estimate of drug-likeness (QED) is 0.918. The van der Waals surface area contributed by atoms with E-state index in [2.05, 4.69) is 21.8 Å². The number of pyridine rings is 1. The van der Waals surface area contributed by atoms with E-state index in [9.17, 15) is 4.79 Å². The smallest absolute Gasteiger partial charge is 0.271 e. The molecule has 2 heterocycles. The third-order valence-corrected chi connectivity index (χ3v) is 4.18. The Bertz CT molecular complexity index is 721. The molecule has 1 aliphatic rings. The summed E-state index contributed by atoms with van der Waals surface area (Å²) in [5.41, 5.74) is 2.65. The molecule has 2 aromatic rings. The first-order chi connectivity index (χ1) is 10.1. The number of piperazine rings is 1. The fourth-order valence-corrected chi connectivity index (χ4v) is 2.86. The summed E-state index contributed by atoms with van der Waals surface area (Å²) in [5, 5.41) is 1.01. The summed E-state index contributed by atoms with van der Waals surface area (Å²) in [6.07, 6.45) is 0. The maximum atomic E-state index is 12.4. The highest BCUT2D eigenvalue weighted by Crippen LogP contribution is 2.25. The van der Waals surface area contributed by atoms with Crippen LogP contribution < -0.4 is 15.2 Å². The number of H-pyrrole nitrogens is 1. The first-order valence-electron chi connectivity index (χ1n) is 7.23. The molecular formula is C16H22ClN3O2. The van der Waals surface area contributed by atoms with Gasteiger partial charge in [-0.2, -0.15) is 0 Å². The number of aryl methyl sites for hydroxylation is 1. The van der Waals surface area contributed by atoms with Crippen molar-refractivity contribution in [2.24, 2.45) is 0 Å². The standard InChI is InChI=1S/C16H21N3O2.ClH/c1-11-8-13(21-3)9-12-10-14(16(20)17-15(11)12)19-6-4-18(2)5-7-19;/h8-10H,4-7H2,1-3H3,(H,17,20);1H. The zero-order valence-corrected chi connectivity index (χ0v) is 14.0. The lowest BCUT2D eigenvalue weighted by Gasteiger charge is -2.33. The van der Waals surface area contributed by atoms with E-state index >= 15 is 0 Å². The maximum Gasteiger partial charge on any atom is 0.271 e. The van der Waals surface area contributed by atoms with Crippen LogP contribution in [-0.4, -0.2) is 50.2 Å². The molecule has 0 spiro atoms. The molecule has 0 bridgehead atoms. The molecule has 1 aliphatic heterocycles. The van der Waals surface area contributed by atoms with E-state index in [1.165, 1.54) is 0 Å². The molecule has 5 nitrogen and oxygen atoms in total. The van der Waals surface area contributed by atoms with E-state index in [-0.39, 0.29) is 18.0 Å². The Morgan fingerprint density at radius 2 is 1.82 bits per heavy atom. The summed E-state index contributed by atoms with van der Waals surface area (Å²) in [6.45, 7) is 5.71. The van der Waals surface area contributed by atoms with Gasteiger partial charge >= 0.3 is 0 Å². The number of ether oxygens (including phenoxy) is 1. The van der Waals surface area contributed by atoms with E-state index in [0.717, 1.165) is 54.1 Å². The Balaban J connectivity index is 0.00000176. The van der Waals surface area contributed by atoms with E-state index in [1.807, 2.05) is 25.1 Å². The predicted octanol–water partition coefficient (Wildman–Crippen LogP) is 2.02. The minimum absolute atomic E-state index is 0. The lowest BCUT2D eigenvalue weighted by atomic mass is 10.1. The summed E-state index contributed by atoms with van der Waals surface area (Å²) < 4.78 is 5.32. The molecule has 120 valence electrons. The number of nitrogens with one attached hydrogen (secondary N) is 1. The third-order valence-electron chi connectivity index (χ3n) is 4.18. The lowest BCUT2D eigenvalue weighted by molar-refractivity contribution is 0.312. The summed E-state index contributed by atoms with van der Waals surface area (Å²) in [4.78, 5) is 19.8. The van der Waals surface area contributed by atoms with Gasteiger partial charge in [-0.3, -0.25) is 4.79 Å². The van der Waals surface area contributed by atoms with Crippen molar-refractivity contribution in [3.8, 4) is 5.75 Å². The Morgan fingerprint density at radius 1 is 1.14 bits per heavy atom. The number of fused-ring (bicyclic) bond motifs is 1. The minimum atomic E-state index is -0.0136. The number of nitrogens with zero attached hydrogens (tertiary/aromatic N) is 2. The minimum Gasteiger partial charge on any atom is -0.497 e. The van der Waals surface area contributed by atoms with Crippen LogP contribution in [0.3, 0.4) is 0 Å². The third kappa shape index (κ3) is 3.05. The Hall–Kier alpha value is -1.72. The van der Waals surface area contributed by atoms with Crippen molar-refractivity contribution in [3.63, 3.8) is 0 Å². The number of hydrogen-bond acceptors (Lipinski definition) is 4. The van der Waals surface area contributed by atoms with E-state index in [0.29, 0.717) is 0 Å². The molecule has 22 heavy (non-hydrogen) atoms. The number of benzene rings is 1. The second-order valence-electron chi connectivity index (χ2n) is 5.68. The van der Waals surface area contributed by atoms with Crippen molar-refractivity contribution in [1.29, 1.82) is 0 Å². The molecule has 1 saturated heterocycles. The van der Waals surface area contributed by atoms with Crippen LogP contribution in [0, 0.1) is 6.92 Å². The fraction of sp³-hybridized carbons (Fsp3) is 0.438. The number of anilines is 1. The first kappa shape index (κ1) is 16.6. The maximum absolute atomic E-state index is 12.4. The SMILES string of the molecule is COc1cc(C)c2[nH]c(=O)c(N3CCN(C)CC3)cc2c1.Cl. The number of halogens is 1. The number of methoxy groups -OCH3 is 1. The topological polar surface area (TPSA) is 48.6 Å². The molecule has 3 rings (SSSR count). The number of rotatable bonds is 2. The first-order valence-corrected chi connectivity index (χ1v) is 7.23. The lowest BCUT2D eigenvalue weighted by Crippen LogP contribution is -2.46. The van der Waals surface area contributed by atoms with Gasteiger partial charge in [0.25, 0.3) is 5.56 Å². The molecule has 6 heteroatoms. The number of aromatic amines is 1. The van der Waals surface area contributed by atoms with Crippen molar-refractivity contribution in [1.82, 2.24) is 9.88 Å². The van der Waals surface area contributed by atoms with Gasteiger partial charge in [-0.25, -0.2) is 0 Å². The molecule has 1 N–H and O–H groups in total. The van der Waals surface area contributed by atoms with Crippen molar-refractivity contribution in [2.75, 3.05) is 45.2 Å². The van der Waals surface area contributed by atoms with Crippen LogP contribution >= 0.6 is 12.4 Å². The molecule has 1 aromatic carbocycles. The largest absolute Gasteiger partial charge is 0.497 e. The average molecular weight is 324 g/mol. The Morgan fingerprint density at radius 3 is 2.45 bits per heavy atom. The highest BCUT2D eigenvalue weighted by molar-refractivity contribution is 5.86. The average Bonchev–Trinajstić information content (AvgIpc) is 2.48. The van der Waals surface area contributed by atoms with Gasteiger partial charge in [0.1, 0.15) is 11.4 Å². The number of aromatic nitrogens is 1. The Labute approximate surface area is 136 Å². The molecule has 1 aromatic heterocycles. The van der Waals surface area contributed by atoms with Crippen LogP contribution in [0.2, 0.25) is 0 Å². The second-order valence-corrected chi connectivity index (χ2v) is 5.68. The normalized spacial score (nSPS) is 15.7. The van der Waals surface area contributed by atoms with Crippen molar-refractivity contribution >= 4 is 29.0 Å².